The van der Waals surface area contributed by atoms with E-state index >= 15 is 0 Å². The Labute approximate surface area is 101 Å². The maximum Gasteiger partial charge on any atom is 0.253 e. The van der Waals surface area contributed by atoms with Crippen molar-refractivity contribution in [3.63, 3.8) is 0 Å². The summed E-state index contributed by atoms with van der Waals surface area (Å²) in [6.45, 7) is 3.17. The van der Waals surface area contributed by atoms with Gasteiger partial charge in [-0.25, -0.2) is 4.98 Å². The summed E-state index contributed by atoms with van der Waals surface area (Å²) in [7, 11) is 1.69. The molecule has 0 atom stereocenters. The molecule has 0 aliphatic carbocycles. The van der Waals surface area contributed by atoms with Gasteiger partial charge in [-0.15, -0.1) is 0 Å². The second-order valence-corrected chi connectivity index (χ2v) is 3.59. The van der Waals surface area contributed by atoms with Crippen molar-refractivity contribution in [2.24, 2.45) is 0 Å². The zero-order chi connectivity index (χ0) is 12.7. The quantitative estimate of drug-likeness (QED) is 0.835. The van der Waals surface area contributed by atoms with Crippen molar-refractivity contribution in [2.75, 3.05) is 25.5 Å². The number of amides is 1. The zero-order valence-electron chi connectivity index (χ0n) is 10.1. The fraction of sp³-hybridized carbons (Fsp3) is 0.417. The van der Waals surface area contributed by atoms with E-state index in [0.717, 1.165) is 6.54 Å². The minimum absolute atomic E-state index is 0.0956. The van der Waals surface area contributed by atoms with Gasteiger partial charge < -0.3 is 10.2 Å². The molecule has 1 heterocycles. The summed E-state index contributed by atoms with van der Waals surface area (Å²) in [4.78, 5) is 17.6. The molecule has 17 heavy (non-hydrogen) atoms. The number of nitrogens with one attached hydrogen (secondary N) is 1. The summed E-state index contributed by atoms with van der Waals surface area (Å²) in [6, 6.07) is 5.41. The predicted molar refractivity (Wildman–Crippen MR) is 65.6 cm³/mol. The van der Waals surface area contributed by atoms with Gasteiger partial charge in [0.1, 0.15) is 5.82 Å². The number of aromatic nitrogens is 1. The van der Waals surface area contributed by atoms with Crippen molar-refractivity contribution in [3.05, 3.63) is 23.9 Å². The highest BCUT2D eigenvalue weighted by atomic mass is 16.2. The molecule has 1 aromatic rings. The molecular formula is C12H16N4O. The molecule has 90 valence electrons. The molecule has 1 amide bonds. The van der Waals surface area contributed by atoms with Gasteiger partial charge in [0, 0.05) is 31.9 Å². The Morgan fingerprint density at radius 3 is 3.06 bits per heavy atom. The van der Waals surface area contributed by atoms with Gasteiger partial charge in [0.2, 0.25) is 0 Å². The Morgan fingerprint density at radius 1 is 1.65 bits per heavy atom. The van der Waals surface area contributed by atoms with Gasteiger partial charge in [0.25, 0.3) is 5.91 Å². The van der Waals surface area contributed by atoms with Crippen LogP contribution < -0.4 is 5.32 Å². The van der Waals surface area contributed by atoms with Crippen molar-refractivity contribution in [1.82, 2.24) is 9.88 Å². The minimum atomic E-state index is -0.0956. The molecule has 0 saturated heterocycles. The van der Waals surface area contributed by atoms with Crippen LogP contribution >= 0.6 is 0 Å². The molecule has 5 nitrogen and oxygen atoms in total. The van der Waals surface area contributed by atoms with Gasteiger partial charge in [-0.05, 0) is 19.1 Å². The van der Waals surface area contributed by atoms with Crippen LogP contribution in [0.4, 0.5) is 5.82 Å². The summed E-state index contributed by atoms with van der Waals surface area (Å²) >= 11 is 0. The van der Waals surface area contributed by atoms with Crippen LogP contribution in [0.25, 0.3) is 0 Å². The molecule has 1 N–H and O–H groups in total. The molecule has 0 radical (unpaired) electrons. The Bertz CT molecular complexity index is 425. The number of nitrogens with zero attached hydrogens (tertiary/aromatic N) is 3. The van der Waals surface area contributed by atoms with Crippen molar-refractivity contribution in [2.45, 2.75) is 13.3 Å². The summed E-state index contributed by atoms with van der Waals surface area (Å²) in [5, 5.41) is 11.5. The Kier molecular flexibility index (Phi) is 4.95. The van der Waals surface area contributed by atoms with Crippen LogP contribution in [0, 0.1) is 11.3 Å². The summed E-state index contributed by atoms with van der Waals surface area (Å²) in [6.07, 6.45) is 1.94. The number of carbonyl (C=O) groups excluding carboxylic acids is 1. The molecule has 0 saturated carbocycles. The van der Waals surface area contributed by atoms with Crippen molar-refractivity contribution >= 4 is 11.7 Å². The van der Waals surface area contributed by atoms with Crippen LogP contribution in [0.1, 0.15) is 23.7 Å². The van der Waals surface area contributed by atoms with Crippen LogP contribution in [0.2, 0.25) is 0 Å². The van der Waals surface area contributed by atoms with Crippen molar-refractivity contribution in [1.29, 1.82) is 5.26 Å². The lowest BCUT2D eigenvalue weighted by molar-refractivity contribution is 0.0798. The Balaban J connectivity index is 2.74. The van der Waals surface area contributed by atoms with E-state index in [1.165, 1.54) is 4.90 Å². The highest BCUT2D eigenvalue weighted by molar-refractivity contribution is 5.94. The average molecular weight is 232 g/mol. The van der Waals surface area contributed by atoms with E-state index in [2.05, 4.69) is 10.3 Å². The topological polar surface area (TPSA) is 69.0 Å². The maximum absolute atomic E-state index is 12.0. The molecule has 0 unspecified atom stereocenters. The Hall–Kier alpha value is -2.09. The molecule has 1 aromatic heterocycles. The van der Waals surface area contributed by atoms with E-state index < -0.39 is 0 Å². The van der Waals surface area contributed by atoms with Gasteiger partial charge in [-0.1, -0.05) is 0 Å². The zero-order valence-corrected chi connectivity index (χ0v) is 10.1. The lowest BCUT2D eigenvalue weighted by Crippen LogP contribution is -2.27. The molecule has 5 heteroatoms. The van der Waals surface area contributed by atoms with E-state index in [4.69, 9.17) is 5.26 Å². The summed E-state index contributed by atoms with van der Waals surface area (Å²) in [5.41, 5.74) is 0.580. The predicted octanol–water partition coefficient (Wildman–Crippen LogP) is 1.50. The number of hydrogen-bond donors (Lipinski definition) is 1. The lowest BCUT2D eigenvalue weighted by Gasteiger charge is -2.15. The molecular weight excluding hydrogens is 216 g/mol. The van der Waals surface area contributed by atoms with E-state index in [1.807, 2.05) is 13.0 Å². The first kappa shape index (κ1) is 13.0. The van der Waals surface area contributed by atoms with Crippen LogP contribution in [0.15, 0.2) is 18.3 Å². The van der Waals surface area contributed by atoms with Gasteiger partial charge in [0.05, 0.1) is 12.5 Å². The van der Waals surface area contributed by atoms with Gasteiger partial charge in [0.15, 0.2) is 0 Å². The Morgan fingerprint density at radius 2 is 2.41 bits per heavy atom. The number of rotatable bonds is 5. The second kappa shape index (κ2) is 6.48. The smallest absolute Gasteiger partial charge is 0.253 e. The standard InChI is InChI=1S/C12H16N4O/c1-3-14-11-9-10(5-7-15-11)12(17)16(2)8-4-6-13/h5,7,9H,3-4,8H2,1-2H3,(H,14,15). The SMILES string of the molecule is CCNc1cc(C(=O)N(C)CCC#N)ccn1. The molecule has 0 fully saturated rings. The molecule has 0 spiro atoms. The first-order valence-electron chi connectivity index (χ1n) is 5.51. The minimum Gasteiger partial charge on any atom is -0.370 e. The summed E-state index contributed by atoms with van der Waals surface area (Å²) < 4.78 is 0. The van der Waals surface area contributed by atoms with E-state index in [1.54, 1.807) is 25.4 Å². The normalized spacial score (nSPS) is 9.47. The molecule has 0 aliphatic rings. The average Bonchev–Trinajstić information content (AvgIpc) is 2.35. The van der Waals surface area contributed by atoms with Crippen LogP contribution in [0.3, 0.4) is 0 Å². The maximum atomic E-state index is 12.0. The molecule has 1 rings (SSSR count). The third-order valence-electron chi connectivity index (χ3n) is 2.27. The first-order chi connectivity index (χ1) is 8.19. The molecule has 0 aliphatic heterocycles. The fourth-order valence-electron chi connectivity index (χ4n) is 1.38. The van der Waals surface area contributed by atoms with E-state index in [-0.39, 0.29) is 5.91 Å². The monoisotopic (exact) mass is 232 g/mol. The van der Waals surface area contributed by atoms with Gasteiger partial charge in [-0.3, -0.25) is 4.79 Å². The second-order valence-electron chi connectivity index (χ2n) is 3.59. The van der Waals surface area contributed by atoms with Crippen molar-refractivity contribution < 1.29 is 4.79 Å². The van der Waals surface area contributed by atoms with Crippen molar-refractivity contribution in [3.8, 4) is 6.07 Å². The molecule has 0 bridgehead atoms. The summed E-state index contributed by atoms with van der Waals surface area (Å²) in [5.74, 6) is 0.592. The van der Waals surface area contributed by atoms with Crippen LogP contribution in [0.5, 0.6) is 0 Å². The van der Waals surface area contributed by atoms with Crippen LogP contribution in [-0.2, 0) is 0 Å². The largest absolute Gasteiger partial charge is 0.370 e. The number of carbonyl (C=O) groups is 1. The number of anilines is 1. The van der Waals surface area contributed by atoms with Gasteiger partial charge >= 0.3 is 0 Å². The number of hydrogen-bond acceptors (Lipinski definition) is 4. The lowest BCUT2D eigenvalue weighted by atomic mass is 10.2. The third kappa shape index (κ3) is 3.76. The fourth-order valence-corrected chi connectivity index (χ4v) is 1.38. The number of pyridine rings is 1. The third-order valence-corrected chi connectivity index (χ3v) is 2.27. The highest BCUT2D eigenvalue weighted by Gasteiger charge is 2.11. The highest BCUT2D eigenvalue weighted by Crippen LogP contribution is 2.09. The molecule has 0 aromatic carbocycles. The first-order valence-corrected chi connectivity index (χ1v) is 5.51. The number of nitriles is 1. The van der Waals surface area contributed by atoms with Gasteiger partial charge in [-0.2, -0.15) is 5.26 Å². The van der Waals surface area contributed by atoms with E-state index in [9.17, 15) is 4.79 Å². The van der Waals surface area contributed by atoms with Crippen LogP contribution in [-0.4, -0.2) is 35.9 Å². The van der Waals surface area contributed by atoms with E-state index in [0.29, 0.717) is 24.3 Å².